The van der Waals surface area contributed by atoms with E-state index in [9.17, 15) is 4.79 Å². The molecule has 0 aromatic carbocycles. The summed E-state index contributed by atoms with van der Waals surface area (Å²) in [4.78, 5) is 22.7. The zero-order valence-electron chi connectivity index (χ0n) is 12.1. The van der Waals surface area contributed by atoms with Crippen molar-refractivity contribution >= 4 is 5.91 Å². The van der Waals surface area contributed by atoms with Crippen molar-refractivity contribution in [2.24, 2.45) is 0 Å². The van der Waals surface area contributed by atoms with Crippen LogP contribution in [-0.4, -0.2) is 43.6 Å². The van der Waals surface area contributed by atoms with Crippen LogP contribution in [0.1, 0.15) is 41.7 Å². The zero-order valence-corrected chi connectivity index (χ0v) is 12.1. The fraction of sp³-hybridized carbons (Fsp3) is 0.467. The molecular formula is C15H19N5O. The number of rotatable bonds is 3. The van der Waals surface area contributed by atoms with Gasteiger partial charge in [0, 0.05) is 43.6 Å². The molecule has 0 saturated carbocycles. The molecule has 110 valence electrons. The third kappa shape index (κ3) is 2.94. The number of nitrogens with zero attached hydrogens (tertiary/aromatic N) is 5. The summed E-state index contributed by atoms with van der Waals surface area (Å²) in [6.45, 7) is 4.30. The molecule has 1 atom stereocenters. The fourth-order valence-electron chi connectivity index (χ4n) is 2.77. The van der Waals surface area contributed by atoms with E-state index in [-0.39, 0.29) is 5.91 Å². The maximum atomic E-state index is 12.5. The van der Waals surface area contributed by atoms with Gasteiger partial charge in [0.2, 0.25) is 0 Å². The second kappa shape index (κ2) is 6.03. The molecule has 3 rings (SSSR count). The van der Waals surface area contributed by atoms with Gasteiger partial charge < -0.3 is 4.90 Å². The smallest absolute Gasteiger partial charge is 0.257 e. The van der Waals surface area contributed by atoms with E-state index >= 15 is 0 Å². The molecule has 0 radical (unpaired) electrons. The normalized spacial score (nSPS) is 18.7. The number of piperidine rings is 1. The number of aryl methyl sites for hydroxylation is 1. The number of hydrogen-bond acceptors (Lipinski definition) is 4. The van der Waals surface area contributed by atoms with Crippen molar-refractivity contribution in [3.05, 3.63) is 42.2 Å². The van der Waals surface area contributed by atoms with Gasteiger partial charge in [-0.3, -0.25) is 9.48 Å². The second-order valence-electron chi connectivity index (χ2n) is 5.31. The molecule has 1 saturated heterocycles. The Morgan fingerprint density at radius 2 is 2.38 bits per heavy atom. The van der Waals surface area contributed by atoms with E-state index in [4.69, 9.17) is 0 Å². The molecule has 1 amide bonds. The van der Waals surface area contributed by atoms with Gasteiger partial charge in [0.15, 0.2) is 0 Å². The Balaban J connectivity index is 1.72. The fourth-order valence-corrected chi connectivity index (χ4v) is 2.77. The largest absolute Gasteiger partial charge is 0.338 e. The second-order valence-corrected chi connectivity index (χ2v) is 5.31. The van der Waals surface area contributed by atoms with E-state index < -0.39 is 0 Å². The van der Waals surface area contributed by atoms with Crippen LogP contribution in [0.15, 0.2) is 31.0 Å². The Kier molecular flexibility index (Phi) is 3.94. The Hall–Kier alpha value is -2.24. The Labute approximate surface area is 123 Å². The summed E-state index contributed by atoms with van der Waals surface area (Å²) in [5.41, 5.74) is 1.69. The number of carbonyl (C=O) groups excluding carboxylic acids is 1. The van der Waals surface area contributed by atoms with Gasteiger partial charge in [0.05, 0.1) is 11.8 Å². The number of hydrogen-bond donors (Lipinski definition) is 0. The number of amides is 1. The van der Waals surface area contributed by atoms with Crippen LogP contribution in [0.5, 0.6) is 0 Å². The maximum absolute atomic E-state index is 12.5. The molecule has 1 unspecified atom stereocenters. The number of carbonyl (C=O) groups is 1. The molecule has 0 spiro atoms. The lowest BCUT2D eigenvalue weighted by Gasteiger charge is -2.32. The van der Waals surface area contributed by atoms with Gasteiger partial charge in [-0.15, -0.1) is 0 Å². The SMILES string of the molecule is CCn1cc(C(=O)N2CCCC(c3ccncn3)C2)cn1. The van der Waals surface area contributed by atoms with Gasteiger partial charge >= 0.3 is 0 Å². The standard InChI is InChI=1S/C15H19N5O/c1-2-20-10-13(8-18-20)15(21)19-7-3-4-12(9-19)14-5-6-16-11-17-14/h5-6,8,10-12H,2-4,7,9H2,1H3. The first-order chi connectivity index (χ1) is 10.3. The van der Waals surface area contributed by atoms with E-state index in [0.29, 0.717) is 18.0 Å². The lowest BCUT2D eigenvalue weighted by molar-refractivity contribution is 0.0706. The average molecular weight is 285 g/mol. The van der Waals surface area contributed by atoms with Gasteiger partial charge in [-0.2, -0.15) is 5.10 Å². The molecule has 6 heteroatoms. The molecule has 0 aliphatic carbocycles. The topological polar surface area (TPSA) is 63.9 Å². The van der Waals surface area contributed by atoms with Crippen molar-refractivity contribution in [3.63, 3.8) is 0 Å². The minimum absolute atomic E-state index is 0.0634. The molecule has 0 bridgehead atoms. The third-order valence-corrected chi connectivity index (χ3v) is 3.94. The van der Waals surface area contributed by atoms with Crippen molar-refractivity contribution < 1.29 is 4.79 Å². The zero-order chi connectivity index (χ0) is 14.7. The third-order valence-electron chi connectivity index (χ3n) is 3.94. The number of aromatic nitrogens is 4. The summed E-state index contributed by atoms with van der Waals surface area (Å²) in [6.07, 6.45) is 8.86. The molecule has 6 nitrogen and oxygen atoms in total. The highest BCUT2D eigenvalue weighted by molar-refractivity contribution is 5.93. The minimum Gasteiger partial charge on any atom is -0.338 e. The predicted octanol–water partition coefficient (Wildman–Crippen LogP) is 1.71. The van der Waals surface area contributed by atoms with E-state index in [1.165, 1.54) is 0 Å². The summed E-state index contributed by atoms with van der Waals surface area (Å²) in [5.74, 6) is 0.361. The van der Waals surface area contributed by atoms with Crippen molar-refractivity contribution in [1.82, 2.24) is 24.6 Å². The van der Waals surface area contributed by atoms with Crippen LogP contribution in [0.25, 0.3) is 0 Å². The van der Waals surface area contributed by atoms with E-state index in [2.05, 4.69) is 15.1 Å². The average Bonchev–Trinajstić information content (AvgIpc) is 3.04. The van der Waals surface area contributed by atoms with Crippen molar-refractivity contribution in [3.8, 4) is 0 Å². The highest BCUT2D eigenvalue weighted by Crippen LogP contribution is 2.26. The van der Waals surface area contributed by atoms with Crippen LogP contribution in [-0.2, 0) is 6.54 Å². The van der Waals surface area contributed by atoms with Crippen LogP contribution in [0.4, 0.5) is 0 Å². The first-order valence-electron chi connectivity index (χ1n) is 7.35. The molecule has 2 aromatic heterocycles. The molecule has 1 aliphatic heterocycles. The first-order valence-corrected chi connectivity index (χ1v) is 7.35. The highest BCUT2D eigenvalue weighted by atomic mass is 16.2. The molecule has 0 N–H and O–H groups in total. The van der Waals surface area contributed by atoms with Gasteiger partial charge in [0.1, 0.15) is 6.33 Å². The predicted molar refractivity (Wildman–Crippen MR) is 77.8 cm³/mol. The highest BCUT2D eigenvalue weighted by Gasteiger charge is 2.26. The van der Waals surface area contributed by atoms with Crippen LogP contribution in [0.2, 0.25) is 0 Å². The molecule has 3 heterocycles. The Bertz CT molecular complexity index is 610. The maximum Gasteiger partial charge on any atom is 0.257 e. The first kappa shape index (κ1) is 13.7. The summed E-state index contributed by atoms with van der Waals surface area (Å²) in [5, 5.41) is 4.18. The minimum atomic E-state index is 0.0634. The lowest BCUT2D eigenvalue weighted by Crippen LogP contribution is -2.39. The van der Waals surface area contributed by atoms with Crippen LogP contribution in [0.3, 0.4) is 0 Å². The molecule has 1 aliphatic rings. The van der Waals surface area contributed by atoms with Gasteiger partial charge in [-0.05, 0) is 25.8 Å². The van der Waals surface area contributed by atoms with Crippen molar-refractivity contribution in [1.29, 1.82) is 0 Å². The summed E-state index contributed by atoms with van der Waals surface area (Å²) >= 11 is 0. The monoisotopic (exact) mass is 285 g/mol. The van der Waals surface area contributed by atoms with Crippen molar-refractivity contribution in [2.75, 3.05) is 13.1 Å². The van der Waals surface area contributed by atoms with Crippen LogP contribution < -0.4 is 0 Å². The summed E-state index contributed by atoms with van der Waals surface area (Å²) in [6, 6.07) is 1.94. The number of likely N-dealkylation sites (tertiary alicyclic amines) is 1. The Morgan fingerprint density at radius 1 is 1.48 bits per heavy atom. The van der Waals surface area contributed by atoms with Crippen LogP contribution in [0, 0.1) is 0 Å². The lowest BCUT2D eigenvalue weighted by atomic mass is 9.94. The van der Waals surface area contributed by atoms with Gasteiger partial charge in [-0.1, -0.05) is 0 Å². The Morgan fingerprint density at radius 3 is 3.10 bits per heavy atom. The molecule has 2 aromatic rings. The van der Waals surface area contributed by atoms with Gasteiger partial charge in [0.25, 0.3) is 5.91 Å². The van der Waals surface area contributed by atoms with E-state index in [1.54, 1.807) is 23.4 Å². The molecule has 1 fully saturated rings. The molecular weight excluding hydrogens is 266 g/mol. The van der Waals surface area contributed by atoms with Crippen LogP contribution >= 0.6 is 0 Å². The summed E-state index contributed by atoms with van der Waals surface area (Å²) in [7, 11) is 0. The molecule has 21 heavy (non-hydrogen) atoms. The van der Waals surface area contributed by atoms with E-state index in [0.717, 1.165) is 31.6 Å². The summed E-state index contributed by atoms with van der Waals surface area (Å²) < 4.78 is 1.78. The van der Waals surface area contributed by atoms with Gasteiger partial charge in [-0.25, -0.2) is 9.97 Å². The van der Waals surface area contributed by atoms with Crippen molar-refractivity contribution in [2.45, 2.75) is 32.2 Å². The van der Waals surface area contributed by atoms with E-state index in [1.807, 2.05) is 24.1 Å². The quantitative estimate of drug-likeness (QED) is 0.861.